The van der Waals surface area contributed by atoms with Crippen molar-refractivity contribution in [1.82, 2.24) is 10.2 Å². The number of ether oxygens (including phenoxy) is 3. The molecular formula is C25H32N2O4. The molecule has 1 saturated heterocycles. The zero-order chi connectivity index (χ0) is 21.5. The minimum atomic E-state index is -0.0884. The van der Waals surface area contributed by atoms with E-state index in [0.717, 1.165) is 62.8 Å². The number of nitrogens with zero attached hydrogens (tertiary/aromatic N) is 1. The predicted molar refractivity (Wildman–Crippen MR) is 120 cm³/mol. The van der Waals surface area contributed by atoms with Gasteiger partial charge in [0.2, 0.25) is 5.91 Å². The van der Waals surface area contributed by atoms with Gasteiger partial charge in [-0.2, -0.15) is 0 Å². The number of hydrogen-bond acceptors (Lipinski definition) is 5. The normalized spacial score (nSPS) is 18.2. The number of nitrogens with one attached hydrogen (secondary N) is 1. The van der Waals surface area contributed by atoms with Gasteiger partial charge in [0.05, 0.1) is 19.3 Å². The van der Waals surface area contributed by atoms with E-state index in [4.69, 9.17) is 14.2 Å². The molecule has 2 aliphatic rings. The molecule has 166 valence electrons. The van der Waals surface area contributed by atoms with Crippen LogP contribution < -0.4 is 14.8 Å². The topological polar surface area (TPSA) is 60.0 Å². The second-order valence-electron chi connectivity index (χ2n) is 8.30. The summed E-state index contributed by atoms with van der Waals surface area (Å²) in [4.78, 5) is 15.4. The van der Waals surface area contributed by atoms with Crippen LogP contribution in [0.4, 0.5) is 0 Å². The molecule has 1 fully saturated rings. The highest BCUT2D eigenvalue weighted by Gasteiger charge is 2.23. The van der Waals surface area contributed by atoms with Crippen LogP contribution in [0.3, 0.4) is 0 Å². The van der Waals surface area contributed by atoms with Crippen molar-refractivity contribution < 1.29 is 19.0 Å². The van der Waals surface area contributed by atoms with Gasteiger partial charge >= 0.3 is 0 Å². The fourth-order valence-electron chi connectivity index (χ4n) is 4.12. The Balaban J connectivity index is 1.45. The molecule has 4 rings (SSSR count). The van der Waals surface area contributed by atoms with Crippen LogP contribution in [0.1, 0.15) is 30.5 Å². The maximum absolute atomic E-state index is 13.1. The lowest BCUT2D eigenvalue weighted by molar-refractivity contribution is -0.126. The Morgan fingerprint density at radius 3 is 2.52 bits per heavy atom. The lowest BCUT2D eigenvalue weighted by Gasteiger charge is -2.29. The molecule has 0 saturated carbocycles. The summed E-state index contributed by atoms with van der Waals surface area (Å²) in [5, 5.41) is 3.31. The van der Waals surface area contributed by atoms with Gasteiger partial charge in [-0.3, -0.25) is 9.69 Å². The highest BCUT2D eigenvalue weighted by molar-refractivity contribution is 5.79. The monoisotopic (exact) mass is 424 g/mol. The smallest absolute Gasteiger partial charge is 0.224 e. The SMILES string of the molecule is C[C@H](CN1CCOCC1)C(=O)N[C@H](CCc1ccccc1)c1ccc2c(c1)OCCO2. The van der Waals surface area contributed by atoms with Crippen molar-refractivity contribution in [1.29, 1.82) is 0 Å². The predicted octanol–water partition coefficient (Wildman–Crippen LogP) is 3.22. The molecule has 2 heterocycles. The molecule has 6 heteroatoms. The summed E-state index contributed by atoms with van der Waals surface area (Å²) in [5.74, 6) is 1.52. The third-order valence-corrected chi connectivity index (χ3v) is 5.93. The number of fused-ring (bicyclic) bond motifs is 1. The second-order valence-corrected chi connectivity index (χ2v) is 8.30. The summed E-state index contributed by atoms with van der Waals surface area (Å²) in [6.45, 7) is 7.13. The maximum atomic E-state index is 13.1. The number of hydrogen-bond donors (Lipinski definition) is 1. The molecular weight excluding hydrogens is 392 g/mol. The Morgan fingerprint density at radius 2 is 1.74 bits per heavy atom. The van der Waals surface area contributed by atoms with E-state index in [0.29, 0.717) is 13.2 Å². The largest absolute Gasteiger partial charge is 0.486 e. The molecule has 0 unspecified atom stereocenters. The first-order valence-electron chi connectivity index (χ1n) is 11.2. The molecule has 2 atom stereocenters. The van der Waals surface area contributed by atoms with Crippen LogP contribution in [0.25, 0.3) is 0 Å². The molecule has 0 aliphatic carbocycles. The van der Waals surface area contributed by atoms with Gasteiger partial charge in [-0.15, -0.1) is 0 Å². The van der Waals surface area contributed by atoms with Crippen molar-refractivity contribution in [2.45, 2.75) is 25.8 Å². The summed E-state index contributed by atoms with van der Waals surface area (Å²) in [6.07, 6.45) is 1.71. The van der Waals surface area contributed by atoms with E-state index in [9.17, 15) is 4.79 Å². The highest BCUT2D eigenvalue weighted by Crippen LogP contribution is 2.33. The number of morpholine rings is 1. The van der Waals surface area contributed by atoms with Gasteiger partial charge in [-0.25, -0.2) is 0 Å². The maximum Gasteiger partial charge on any atom is 0.224 e. The Labute approximate surface area is 184 Å². The van der Waals surface area contributed by atoms with E-state index in [-0.39, 0.29) is 17.9 Å². The number of aryl methyl sites for hydroxylation is 1. The van der Waals surface area contributed by atoms with Crippen molar-refractivity contribution in [3.8, 4) is 11.5 Å². The van der Waals surface area contributed by atoms with Crippen LogP contribution >= 0.6 is 0 Å². The van der Waals surface area contributed by atoms with Gasteiger partial charge in [0.25, 0.3) is 0 Å². The van der Waals surface area contributed by atoms with Gasteiger partial charge in [0, 0.05) is 25.6 Å². The molecule has 0 bridgehead atoms. The van der Waals surface area contributed by atoms with E-state index in [1.54, 1.807) is 0 Å². The standard InChI is InChI=1S/C25H32N2O4/c1-19(18-27-11-13-29-14-12-27)25(28)26-22(9-7-20-5-3-2-4-6-20)21-8-10-23-24(17-21)31-16-15-30-23/h2-6,8,10,17,19,22H,7,9,11-16,18H2,1H3,(H,26,28)/t19-,22-/m1/s1. The Hall–Kier alpha value is -2.57. The average molecular weight is 425 g/mol. The molecule has 2 aromatic rings. The fourth-order valence-corrected chi connectivity index (χ4v) is 4.12. The van der Waals surface area contributed by atoms with Crippen molar-refractivity contribution in [3.63, 3.8) is 0 Å². The van der Waals surface area contributed by atoms with Crippen LogP contribution in [0.5, 0.6) is 11.5 Å². The number of carbonyl (C=O) groups excluding carboxylic acids is 1. The first-order valence-corrected chi connectivity index (χ1v) is 11.2. The molecule has 0 spiro atoms. The Morgan fingerprint density at radius 1 is 1.00 bits per heavy atom. The van der Waals surface area contributed by atoms with Crippen LogP contribution in [0, 0.1) is 5.92 Å². The van der Waals surface area contributed by atoms with Crippen LogP contribution in [0.15, 0.2) is 48.5 Å². The zero-order valence-electron chi connectivity index (χ0n) is 18.2. The van der Waals surface area contributed by atoms with Crippen LogP contribution in [0.2, 0.25) is 0 Å². The third-order valence-electron chi connectivity index (χ3n) is 5.93. The van der Waals surface area contributed by atoms with Gasteiger partial charge < -0.3 is 19.5 Å². The number of benzene rings is 2. The molecule has 6 nitrogen and oxygen atoms in total. The molecule has 2 aromatic carbocycles. The molecule has 0 aromatic heterocycles. The average Bonchev–Trinajstić information content (AvgIpc) is 2.82. The van der Waals surface area contributed by atoms with Gasteiger partial charge in [-0.1, -0.05) is 43.3 Å². The molecule has 31 heavy (non-hydrogen) atoms. The molecule has 0 radical (unpaired) electrons. The van der Waals surface area contributed by atoms with Gasteiger partial charge in [-0.05, 0) is 36.1 Å². The first kappa shape index (κ1) is 21.7. The first-order chi connectivity index (χ1) is 15.2. The van der Waals surface area contributed by atoms with Crippen molar-refractivity contribution in [2.75, 3.05) is 46.1 Å². The molecule has 1 N–H and O–H groups in total. The van der Waals surface area contributed by atoms with E-state index in [2.05, 4.69) is 34.5 Å². The minimum absolute atomic E-state index is 0.0828. The van der Waals surface area contributed by atoms with E-state index in [1.165, 1.54) is 5.56 Å². The van der Waals surface area contributed by atoms with Gasteiger partial charge in [0.15, 0.2) is 11.5 Å². The number of rotatable bonds is 8. The summed E-state index contributed by atoms with van der Waals surface area (Å²) < 4.78 is 16.9. The van der Waals surface area contributed by atoms with Crippen molar-refractivity contribution >= 4 is 5.91 Å². The Kier molecular flexibility index (Phi) is 7.43. The lowest BCUT2D eigenvalue weighted by Crippen LogP contribution is -2.43. The van der Waals surface area contributed by atoms with Gasteiger partial charge in [0.1, 0.15) is 13.2 Å². The Bertz CT molecular complexity index is 852. The molecule has 1 amide bonds. The number of amides is 1. The fraction of sp³-hybridized carbons (Fsp3) is 0.480. The van der Waals surface area contributed by atoms with E-state index < -0.39 is 0 Å². The number of carbonyl (C=O) groups is 1. The molecule has 2 aliphatic heterocycles. The van der Waals surface area contributed by atoms with Crippen molar-refractivity contribution in [3.05, 3.63) is 59.7 Å². The zero-order valence-corrected chi connectivity index (χ0v) is 18.2. The second kappa shape index (κ2) is 10.6. The van der Waals surface area contributed by atoms with Crippen LogP contribution in [-0.4, -0.2) is 56.9 Å². The summed E-state index contributed by atoms with van der Waals surface area (Å²) in [6, 6.07) is 16.3. The quantitative estimate of drug-likeness (QED) is 0.705. The summed E-state index contributed by atoms with van der Waals surface area (Å²) in [7, 11) is 0. The summed E-state index contributed by atoms with van der Waals surface area (Å²) >= 11 is 0. The van der Waals surface area contributed by atoms with E-state index in [1.807, 2.05) is 31.2 Å². The lowest BCUT2D eigenvalue weighted by atomic mass is 9.97. The minimum Gasteiger partial charge on any atom is -0.486 e. The third kappa shape index (κ3) is 5.99. The highest BCUT2D eigenvalue weighted by atomic mass is 16.6. The van der Waals surface area contributed by atoms with Crippen molar-refractivity contribution in [2.24, 2.45) is 5.92 Å². The van der Waals surface area contributed by atoms with Crippen LogP contribution in [-0.2, 0) is 16.0 Å². The van der Waals surface area contributed by atoms with E-state index >= 15 is 0 Å². The summed E-state index contributed by atoms with van der Waals surface area (Å²) in [5.41, 5.74) is 2.31.